The molecule has 0 radical (unpaired) electrons. The van der Waals surface area contributed by atoms with Gasteiger partial charge in [0.05, 0.1) is 15.7 Å². The lowest BCUT2D eigenvalue weighted by Crippen LogP contribution is -1.99. The maximum absolute atomic E-state index is 6.14. The summed E-state index contributed by atoms with van der Waals surface area (Å²) in [6.07, 6.45) is 1.45. The number of rotatable bonds is 2. The van der Waals surface area contributed by atoms with Crippen LogP contribution in [0.4, 0.5) is 0 Å². The molecule has 0 aliphatic carbocycles. The van der Waals surface area contributed by atoms with Crippen LogP contribution in [0.3, 0.4) is 0 Å². The van der Waals surface area contributed by atoms with Gasteiger partial charge in [-0.1, -0.05) is 54.7 Å². The fourth-order valence-corrected chi connectivity index (χ4v) is 2.41. The third-order valence-electron chi connectivity index (χ3n) is 2.61. The van der Waals surface area contributed by atoms with Gasteiger partial charge in [-0.3, -0.25) is 0 Å². The van der Waals surface area contributed by atoms with Crippen LogP contribution < -0.4 is 0 Å². The SMILES string of the molecule is CC(C)c1c(Cl)ncnc1-c1ccc(Cl)c(Cl)c1. The van der Waals surface area contributed by atoms with E-state index >= 15 is 0 Å². The van der Waals surface area contributed by atoms with Crippen LogP contribution in [-0.2, 0) is 0 Å². The minimum absolute atomic E-state index is 0.225. The van der Waals surface area contributed by atoms with Gasteiger partial charge in [-0.05, 0) is 18.1 Å². The van der Waals surface area contributed by atoms with Crippen LogP contribution in [-0.4, -0.2) is 9.97 Å². The maximum atomic E-state index is 6.14. The second-order valence-electron chi connectivity index (χ2n) is 4.21. The Balaban J connectivity index is 2.63. The zero-order valence-corrected chi connectivity index (χ0v) is 12.2. The van der Waals surface area contributed by atoms with Crippen LogP contribution in [0.1, 0.15) is 25.3 Å². The fourth-order valence-electron chi connectivity index (χ4n) is 1.76. The van der Waals surface area contributed by atoms with E-state index in [1.54, 1.807) is 12.1 Å². The highest BCUT2D eigenvalue weighted by molar-refractivity contribution is 6.42. The van der Waals surface area contributed by atoms with Crippen molar-refractivity contribution in [1.82, 2.24) is 9.97 Å². The normalized spacial score (nSPS) is 11.0. The summed E-state index contributed by atoms with van der Waals surface area (Å²) in [6, 6.07) is 5.41. The summed E-state index contributed by atoms with van der Waals surface area (Å²) in [6.45, 7) is 4.09. The van der Waals surface area contributed by atoms with Crippen LogP contribution in [0, 0.1) is 0 Å². The molecule has 5 heteroatoms. The van der Waals surface area contributed by atoms with Gasteiger partial charge >= 0.3 is 0 Å². The molecule has 0 aliphatic heterocycles. The largest absolute Gasteiger partial charge is 0.236 e. The Hall–Kier alpha value is -0.830. The van der Waals surface area contributed by atoms with E-state index in [9.17, 15) is 0 Å². The second-order valence-corrected chi connectivity index (χ2v) is 5.38. The van der Waals surface area contributed by atoms with Gasteiger partial charge in [-0.15, -0.1) is 0 Å². The number of benzene rings is 1. The first-order chi connectivity index (χ1) is 8.50. The van der Waals surface area contributed by atoms with Crippen LogP contribution >= 0.6 is 34.8 Å². The Labute approximate surface area is 121 Å². The van der Waals surface area contributed by atoms with Crippen LogP contribution in [0.15, 0.2) is 24.5 Å². The van der Waals surface area contributed by atoms with Gasteiger partial charge in [0.15, 0.2) is 0 Å². The Morgan fingerprint density at radius 2 is 1.72 bits per heavy atom. The quantitative estimate of drug-likeness (QED) is 0.710. The molecule has 1 aromatic heterocycles. The molecular weight excluding hydrogens is 291 g/mol. The van der Waals surface area contributed by atoms with Gasteiger partial charge in [-0.25, -0.2) is 9.97 Å². The molecule has 0 saturated heterocycles. The van der Waals surface area contributed by atoms with Crippen LogP contribution in [0.25, 0.3) is 11.3 Å². The zero-order valence-electron chi connectivity index (χ0n) is 9.92. The Morgan fingerprint density at radius 1 is 1.00 bits per heavy atom. The van der Waals surface area contributed by atoms with E-state index in [4.69, 9.17) is 34.8 Å². The van der Waals surface area contributed by atoms with Gasteiger partial charge in [0.1, 0.15) is 11.5 Å². The first kappa shape index (κ1) is 13.6. The van der Waals surface area contributed by atoms with E-state index < -0.39 is 0 Å². The van der Waals surface area contributed by atoms with Gasteiger partial charge in [0.25, 0.3) is 0 Å². The predicted molar refractivity (Wildman–Crippen MR) is 76.6 cm³/mol. The number of aromatic nitrogens is 2. The lowest BCUT2D eigenvalue weighted by atomic mass is 9.99. The summed E-state index contributed by atoms with van der Waals surface area (Å²) in [5, 5.41) is 1.49. The summed E-state index contributed by atoms with van der Waals surface area (Å²) in [5.41, 5.74) is 2.60. The molecule has 0 saturated carbocycles. The first-order valence-corrected chi connectivity index (χ1v) is 6.60. The number of hydrogen-bond donors (Lipinski definition) is 0. The molecule has 0 amide bonds. The molecule has 0 spiro atoms. The third kappa shape index (κ3) is 2.61. The number of nitrogens with zero attached hydrogens (tertiary/aromatic N) is 2. The lowest BCUT2D eigenvalue weighted by molar-refractivity contribution is 0.850. The van der Waals surface area contributed by atoms with E-state index in [1.807, 2.05) is 19.9 Å². The molecule has 18 heavy (non-hydrogen) atoms. The maximum Gasteiger partial charge on any atom is 0.136 e. The first-order valence-electron chi connectivity index (χ1n) is 5.46. The molecule has 1 heterocycles. The third-order valence-corrected chi connectivity index (χ3v) is 3.65. The molecule has 0 unspecified atom stereocenters. The Bertz CT molecular complexity index is 582. The minimum Gasteiger partial charge on any atom is -0.236 e. The van der Waals surface area contributed by atoms with Crippen molar-refractivity contribution in [1.29, 1.82) is 0 Å². The average molecular weight is 302 g/mol. The molecule has 2 rings (SSSR count). The van der Waals surface area contributed by atoms with Crippen molar-refractivity contribution in [2.45, 2.75) is 19.8 Å². The molecule has 94 valence electrons. The predicted octanol–water partition coefficient (Wildman–Crippen LogP) is 5.23. The number of hydrogen-bond acceptors (Lipinski definition) is 2. The van der Waals surface area contributed by atoms with E-state index in [0.29, 0.717) is 15.2 Å². The summed E-state index contributed by atoms with van der Waals surface area (Å²) in [7, 11) is 0. The van der Waals surface area contributed by atoms with Crippen molar-refractivity contribution >= 4 is 34.8 Å². The molecule has 0 atom stereocenters. The molecule has 0 fully saturated rings. The van der Waals surface area contributed by atoms with Gasteiger partial charge in [0.2, 0.25) is 0 Å². The molecular formula is C13H11Cl3N2. The molecule has 1 aromatic carbocycles. The highest BCUT2D eigenvalue weighted by atomic mass is 35.5. The van der Waals surface area contributed by atoms with E-state index in [-0.39, 0.29) is 5.92 Å². The lowest BCUT2D eigenvalue weighted by Gasteiger charge is -2.13. The van der Waals surface area contributed by atoms with Crippen molar-refractivity contribution < 1.29 is 0 Å². The monoisotopic (exact) mass is 300 g/mol. The molecule has 0 N–H and O–H groups in total. The summed E-state index contributed by atoms with van der Waals surface area (Å²) in [5.74, 6) is 0.225. The van der Waals surface area contributed by atoms with Crippen molar-refractivity contribution in [2.75, 3.05) is 0 Å². The molecule has 0 aliphatic rings. The van der Waals surface area contributed by atoms with E-state index in [0.717, 1.165) is 16.8 Å². The van der Waals surface area contributed by atoms with E-state index in [1.165, 1.54) is 6.33 Å². The van der Waals surface area contributed by atoms with Gasteiger partial charge in [0, 0.05) is 11.1 Å². The highest BCUT2D eigenvalue weighted by Crippen LogP contribution is 2.34. The molecule has 0 bridgehead atoms. The van der Waals surface area contributed by atoms with Crippen molar-refractivity contribution in [3.05, 3.63) is 45.3 Å². The Morgan fingerprint density at radius 3 is 2.33 bits per heavy atom. The standard InChI is InChI=1S/C13H11Cl3N2/c1-7(2)11-12(17-6-18-13(11)16)8-3-4-9(14)10(15)5-8/h3-7H,1-2H3. The second kappa shape index (κ2) is 5.43. The zero-order chi connectivity index (χ0) is 13.3. The summed E-state index contributed by atoms with van der Waals surface area (Å²) in [4.78, 5) is 8.33. The fraction of sp³-hybridized carbons (Fsp3) is 0.231. The average Bonchev–Trinajstić information content (AvgIpc) is 2.32. The smallest absolute Gasteiger partial charge is 0.136 e. The Kier molecular flexibility index (Phi) is 4.10. The van der Waals surface area contributed by atoms with Crippen molar-refractivity contribution in [3.8, 4) is 11.3 Å². The van der Waals surface area contributed by atoms with Crippen molar-refractivity contribution in [2.24, 2.45) is 0 Å². The van der Waals surface area contributed by atoms with Gasteiger partial charge in [-0.2, -0.15) is 0 Å². The highest BCUT2D eigenvalue weighted by Gasteiger charge is 2.15. The molecule has 2 nitrogen and oxygen atoms in total. The van der Waals surface area contributed by atoms with E-state index in [2.05, 4.69) is 9.97 Å². The molecule has 2 aromatic rings. The summed E-state index contributed by atoms with van der Waals surface area (Å²) >= 11 is 18.1. The minimum atomic E-state index is 0.225. The number of halogens is 3. The summed E-state index contributed by atoms with van der Waals surface area (Å²) < 4.78 is 0. The van der Waals surface area contributed by atoms with Gasteiger partial charge < -0.3 is 0 Å². The topological polar surface area (TPSA) is 25.8 Å². The van der Waals surface area contributed by atoms with Crippen LogP contribution in [0.2, 0.25) is 15.2 Å². The van der Waals surface area contributed by atoms with Crippen molar-refractivity contribution in [3.63, 3.8) is 0 Å². The van der Waals surface area contributed by atoms with Crippen LogP contribution in [0.5, 0.6) is 0 Å².